The molecule has 1 aromatic heterocycles. The summed E-state index contributed by atoms with van der Waals surface area (Å²) >= 11 is 6.05. The number of nitrogens with one attached hydrogen (secondary N) is 1. The molecule has 3 rings (SSSR count). The van der Waals surface area contributed by atoms with E-state index in [0.29, 0.717) is 16.7 Å². The summed E-state index contributed by atoms with van der Waals surface area (Å²) in [5, 5.41) is 7.28. The zero-order valence-corrected chi connectivity index (χ0v) is 13.9. The second kappa shape index (κ2) is 7.27. The van der Waals surface area contributed by atoms with Gasteiger partial charge in [-0.3, -0.25) is 4.79 Å². The highest BCUT2D eigenvalue weighted by atomic mass is 35.5. The summed E-state index contributed by atoms with van der Waals surface area (Å²) in [4.78, 5) is 16.3. The first-order chi connectivity index (χ1) is 11.6. The van der Waals surface area contributed by atoms with Crippen molar-refractivity contribution in [1.82, 2.24) is 15.5 Å². The number of aryl methyl sites for hydroxylation is 1. The van der Waals surface area contributed by atoms with Crippen molar-refractivity contribution in [2.24, 2.45) is 0 Å². The number of aromatic nitrogens is 2. The van der Waals surface area contributed by atoms with Gasteiger partial charge in [0.15, 0.2) is 0 Å². The van der Waals surface area contributed by atoms with E-state index in [1.165, 1.54) is 0 Å². The third-order valence-corrected chi connectivity index (χ3v) is 3.86. The average molecular weight is 342 g/mol. The maximum absolute atomic E-state index is 12.0. The van der Waals surface area contributed by atoms with Gasteiger partial charge < -0.3 is 9.84 Å². The van der Waals surface area contributed by atoms with Gasteiger partial charge in [-0.1, -0.05) is 58.7 Å². The predicted molar refractivity (Wildman–Crippen MR) is 91.5 cm³/mol. The van der Waals surface area contributed by atoms with E-state index in [-0.39, 0.29) is 18.9 Å². The Labute approximate surface area is 144 Å². The van der Waals surface area contributed by atoms with Crippen LogP contribution in [0.1, 0.15) is 17.0 Å². The molecular weight excluding hydrogens is 326 g/mol. The SMILES string of the molecule is Cc1cccc(-c2noc(CNC(=O)Cc3ccccc3Cl)n2)c1. The fraction of sp³-hybridized carbons (Fsp3) is 0.167. The first kappa shape index (κ1) is 16.2. The molecule has 6 heteroatoms. The highest BCUT2D eigenvalue weighted by molar-refractivity contribution is 6.31. The molecule has 5 nitrogen and oxygen atoms in total. The molecule has 0 saturated carbocycles. The van der Waals surface area contributed by atoms with E-state index in [4.69, 9.17) is 16.1 Å². The molecule has 0 bridgehead atoms. The van der Waals surface area contributed by atoms with Crippen LogP contribution < -0.4 is 5.32 Å². The van der Waals surface area contributed by atoms with Crippen LogP contribution in [-0.4, -0.2) is 16.0 Å². The van der Waals surface area contributed by atoms with E-state index in [1.807, 2.05) is 49.4 Å². The molecule has 0 aliphatic heterocycles. The van der Waals surface area contributed by atoms with E-state index in [0.717, 1.165) is 16.7 Å². The number of benzene rings is 2. The highest BCUT2D eigenvalue weighted by Crippen LogP contribution is 2.17. The van der Waals surface area contributed by atoms with E-state index < -0.39 is 0 Å². The maximum Gasteiger partial charge on any atom is 0.246 e. The number of halogens is 1. The lowest BCUT2D eigenvalue weighted by Gasteiger charge is -2.04. The lowest BCUT2D eigenvalue weighted by Crippen LogP contribution is -2.24. The van der Waals surface area contributed by atoms with Crippen molar-refractivity contribution < 1.29 is 9.32 Å². The third-order valence-electron chi connectivity index (χ3n) is 3.49. The van der Waals surface area contributed by atoms with E-state index >= 15 is 0 Å². The molecule has 0 spiro atoms. The Morgan fingerprint density at radius 1 is 1.21 bits per heavy atom. The number of nitrogens with zero attached hydrogens (tertiary/aromatic N) is 2. The van der Waals surface area contributed by atoms with Crippen LogP contribution in [0.4, 0.5) is 0 Å². The molecule has 1 amide bonds. The van der Waals surface area contributed by atoms with Crippen LogP contribution >= 0.6 is 11.6 Å². The molecule has 24 heavy (non-hydrogen) atoms. The van der Waals surface area contributed by atoms with Gasteiger partial charge in [0, 0.05) is 10.6 Å². The molecule has 0 aliphatic carbocycles. The lowest BCUT2D eigenvalue weighted by molar-refractivity contribution is -0.120. The quantitative estimate of drug-likeness (QED) is 0.770. The van der Waals surface area contributed by atoms with E-state index in [1.54, 1.807) is 6.07 Å². The maximum atomic E-state index is 12.0. The molecule has 1 N–H and O–H groups in total. The predicted octanol–water partition coefficient (Wildman–Crippen LogP) is 3.56. The van der Waals surface area contributed by atoms with Crippen molar-refractivity contribution in [2.75, 3.05) is 0 Å². The smallest absolute Gasteiger partial charge is 0.246 e. The summed E-state index contributed by atoms with van der Waals surface area (Å²) in [5.41, 5.74) is 2.78. The van der Waals surface area contributed by atoms with Crippen molar-refractivity contribution in [2.45, 2.75) is 19.9 Å². The molecular formula is C18H16ClN3O2. The van der Waals surface area contributed by atoms with E-state index in [2.05, 4.69) is 15.5 Å². The molecule has 0 radical (unpaired) electrons. The van der Waals surface area contributed by atoms with Crippen LogP contribution in [0.5, 0.6) is 0 Å². The molecule has 0 unspecified atom stereocenters. The molecule has 0 saturated heterocycles. The van der Waals surface area contributed by atoms with Gasteiger partial charge in [-0.2, -0.15) is 4.98 Å². The number of rotatable bonds is 5. The summed E-state index contributed by atoms with van der Waals surface area (Å²) in [5.74, 6) is 0.714. The molecule has 2 aromatic carbocycles. The number of hydrogen-bond donors (Lipinski definition) is 1. The Kier molecular flexibility index (Phi) is 4.91. The van der Waals surface area contributed by atoms with Crippen molar-refractivity contribution in [1.29, 1.82) is 0 Å². The summed E-state index contributed by atoms with van der Waals surface area (Å²) in [6, 6.07) is 15.1. The van der Waals surface area contributed by atoms with E-state index in [9.17, 15) is 4.79 Å². The van der Waals surface area contributed by atoms with Crippen molar-refractivity contribution in [3.05, 3.63) is 70.6 Å². The zero-order valence-electron chi connectivity index (χ0n) is 13.1. The van der Waals surface area contributed by atoms with Crippen molar-refractivity contribution in [3.63, 3.8) is 0 Å². The molecule has 122 valence electrons. The number of amides is 1. The topological polar surface area (TPSA) is 68.0 Å². The van der Waals surface area contributed by atoms with Crippen LogP contribution in [0, 0.1) is 6.92 Å². The Morgan fingerprint density at radius 2 is 2.04 bits per heavy atom. The van der Waals surface area contributed by atoms with Gasteiger partial charge in [-0.25, -0.2) is 0 Å². The van der Waals surface area contributed by atoms with Gasteiger partial charge in [0.2, 0.25) is 17.6 Å². The van der Waals surface area contributed by atoms with Crippen LogP contribution in [0.15, 0.2) is 53.1 Å². The molecule has 0 atom stereocenters. The average Bonchev–Trinajstić information content (AvgIpc) is 3.04. The molecule has 3 aromatic rings. The Hall–Kier alpha value is -2.66. The largest absolute Gasteiger partial charge is 0.347 e. The summed E-state index contributed by atoms with van der Waals surface area (Å²) in [7, 11) is 0. The molecule has 1 heterocycles. The normalized spacial score (nSPS) is 10.6. The van der Waals surface area contributed by atoms with Gasteiger partial charge in [0.05, 0.1) is 13.0 Å². The Bertz CT molecular complexity index is 861. The monoisotopic (exact) mass is 341 g/mol. The second-order valence-electron chi connectivity index (χ2n) is 5.43. The first-order valence-corrected chi connectivity index (χ1v) is 7.89. The Morgan fingerprint density at radius 3 is 2.83 bits per heavy atom. The minimum absolute atomic E-state index is 0.154. The van der Waals surface area contributed by atoms with Crippen LogP contribution in [-0.2, 0) is 17.8 Å². The summed E-state index contributed by atoms with van der Waals surface area (Å²) < 4.78 is 5.18. The zero-order chi connectivity index (χ0) is 16.9. The lowest BCUT2D eigenvalue weighted by atomic mass is 10.1. The van der Waals surface area contributed by atoms with Crippen molar-refractivity contribution >= 4 is 17.5 Å². The standard InChI is InChI=1S/C18H16ClN3O2/c1-12-5-4-7-14(9-12)18-21-17(24-22-18)11-20-16(23)10-13-6-2-3-8-15(13)19/h2-9H,10-11H2,1H3,(H,20,23). The van der Waals surface area contributed by atoms with Gasteiger partial charge in [-0.05, 0) is 24.6 Å². The molecule has 0 aliphatic rings. The number of carbonyl (C=O) groups excluding carboxylic acids is 1. The van der Waals surface area contributed by atoms with Crippen LogP contribution in [0.3, 0.4) is 0 Å². The van der Waals surface area contributed by atoms with Crippen LogP contribution in [0.2, 0.25) is 5.02 Å². The minimum Gasteiger partial charge on any atom is -0.347 e. The Balaban J connectivity index is 1.59. The van der Waals surface area contributed by atoms with Crippen LogP contribution in [0.25, 0.3) is 11.4 Å². The second-order valence-corrected chi connectivity index (χ2v) is 5.83. The number of carbonyl (C=O) groups is 1. The summed E-state index contributed by atoms with van der Waals surface area (Å²) in [6.45, 7) is 2.18. The molecule has 0 fully saturated rings. The fourth-order valence-corrected chi connectivity index (χ4v) is 2.48. The third kappa shape index (κ3) is 4.00. The highest BCUT2D eigenvalue weighted by Gasteiger charge is 2.11. The van der Waals surface area contributed by atoms with Gasteiger partial charge in [0.25, 0.3) is 0 Å². The van der Waals surface area contributed by atoms with Gasteiger partial charge in [0.1, 0.15) is 0 Å². The van der Waals surface area contributed by atoms with Crippen molar-refractivity contribution in [3.8, 4) is 11.4 Å². The first-order valence-electron chi connectivity index (χ1n) is 7.51. The van der Waals surface area contributed by atoms with Gasteiger partial charge in [-0.15, -0.1) is 0 Å². The minimum atomic E-state index is -0.154. The van der Waals surface area contributed by atoms with Gasteiger partial charge >= 0.3 is 0 Å². The fourth-order valence-electron chi connectivity index (χ4n) is 2.28. The summed E-state index contributed by atoms with van der Waals surface area (Å²) in [6.07, 6.45) is 0.207. The number of hydrogen-bond acceptors (Lipinski definition) is 4.